The lowest BCUT2D eigenvalue weighted by Gasteiger charge is -2.32. The van der Waals surface area contributed by atoms with Gasteiger partial charge in [-0.25, -0.2) is 9.59 Å². The largest absolute Gasteiger partial charge is 0.509 e. The zero-order valence-electron chi connectivity index (χ0n) is 17.8. The lowest BCUT2D eigenvalue weighted by atomic mass is 9.92. The van der Waals surface area contributed by atoms with Crippen LogP contribution < -0.4 is 0 Å². The van der Waals surface area contributed by atoms with Gasteiger partial charge in [-0.15, -0.1) is 6.58 Å². The third kappa shape index (κ3) is 7.49. The molecule has 7 nitrogen and oxygen atoms in total. The smallest absolute Gasteiger partial charge is 0.462 e. The Kier molecular flexibility index (Phi) is 9.06. The second kappa shape index (κ2) is 10.4. The molecule has 0 aromatic rings. The van der Waals surface area contributed by atoms with Gasteiger partial charge in [-0.3, -0.25) is 0 Å². The summed E-state index contributed by atoms with van der Waals surface area (Å²) in [6.07, 6.45) is 0.922. The molecule has 0 aromatic carbocycles. The van der Waals surface area contributed by atoms with Crippen molar-refractivity contribution in [3.63, 3.8) is 0 Å². The summed E-state index contributed by atoms with van der Waals surface area (Å²) in [5, 5.41) is 0. The number of hydrogen-bond acceptors (Lipinski definition) is 7. The highest BCUT2D eigenvalue weighted by Gasteiger charge is 2.60. The fourth-order valence-corrected chi connectivity index (χ4v) is 2.52. The van der Waals surface area contributed by atoms with E-state index in [4.69, 9.17) is 23.7 Å². The lowest BCUT2D eigenvalue weighted by Crippen LogP contribution is -2.45. The maximum absolute atomic E-state index is 13.4. The van der Waals surface area contributed by atoms with E-state index in [-0.39, 0.29) is 25.0 Å². The van der Waals surface area contributed by atoms with Crippen molar-refractivity contribution in [2.24, 2.45) is 0 Å². The number of ether oxygens (including phenoxy) is 5. The highest BCUT2D eigenvalue weighted by molar-refractivity contribution is 5.86. The molecule has 1 unspecified atom stereocenters. The van der Waals surface area contributed by atoms with E-state index in [1.165, 1.54) is 13.0 Å². The molecule has 0 spiro atoms. The fourth-order valence-electron chi connectivity index (χ4n) is 2.52. The predicted molar refractivity (Wildman–Crippen MR) is 101 cm³/mol. The minimum Gasteiger partial charge on any atom is -0.462 e. The van der Waals surface area contributed by atoms with Crippen molar-refractivity contribution in [3.05, 3.63) is 24.8 Å². The summed E-state index contributed by atoms with van der Waals surface area (Å²) in [5.41, 5.74) is -0.917. The van der Waals surface area contributed by atoms with Crippen LogP contribution in [0.25, 0.3) is 0 Å². The van der Waals surface area contributed by atoms with Crippen LogP contribution in [-0.2, 0) is 28.5 Å². The molecule has 0 aliphatic carbocycles. The van der Waals surface area contributed by atoms with Gasteiger partial charge in [0.1, 0.15) is 25.4 Å². The standard InChI is InChI=1S/C20H28F4O7/c1-6-8-18(7-2,9-10-27-15(25)14(3)4)31-16(26)28-11-17(5)29-12-19(21,22)20(23,24)13-30-17/h6H,1,3,7-13H2,2,4-5H3. The number of rotatable bonds is 10. The van der Waals surface area contributed by atoms with E-state index in [1.54, 1.807) is 6.92 Å². The second-order valence-corrected chi connectivity index (χ2v) is 7.46. The number of esters is 1. The van der Waals surface area contributed by atoms with E-state index in [0.29, 0.717) is 6.42 Å². The van der Waals surface area contributed by atoms with Crippen LogP contribution in [0.15, 0.2) is 24.8 Å². The summed E-state index contributed by atoms with van der Waals surface area (Å²) < 4.78 is 78.5. The number of alkyl halides is 4. The van der Waals surface area contributed by atoms with Crippen LogP contribution in [0, 0.1) is 0 Å². The van der Waals surface area contributed by atoms with Crippen molar-refractivity contribution >= 4 is 12.1 Å². The highest BCUT2D eigenvalue weighted by Crippen LogP contribution is 2.39. The zero-order valence-corrected chi connectivity index (χ0v) is 17.8. The van der Waals surface area contributed by atoms with Crippen LogP contribution in [0.1, 0.15) is 40.0 Å². The van der Waals surface area contributed by atoms with E-state index in [0.717, 1.165) is 6.92 Å². The monoisotopic (exact) mass is 456 g/mol. The number of carbonyl (C=O) groups excluding carboxylic acids is 2. The molecule has 0 bridgehead atoms. The van der Waals surface area contributed by atoms with Gasteiger partial charge < -0.3 is 23.7 Å². The molecule has 0 N–H and O–H groups in total. The van der Waals surface area contributed by atoms with E-state index >= 15 is 0 Å². The molecule has 0 amide bonds. The summed E-state index contributed by atoms with van der Waals surface area (Å²) in [4.78, 5) is 23.7. The van der Waals surface area contributed by atoms with Gasteiger partial charge in [-0.1, -0.05) is 19.6 Å². The topological polar surface area (TPSA) is 80.3 Å². The van der Waals surface area contributed by atoms with Crippen molar-refractivity contribution in [1.29, 1.82) is 0 Å². The first-order valence-corrected chi connectivity index (χ1v) is 9.54. The van der Waals surface area contributed by atoms with E-state index in [2.05, 4.69) is 13.2 Å². The van der Waals surface area contributed by atoms with Gasteiger partial charge in [0.15, 0.2) is 0 Å². The molecule has 178 valence electrons. The second-order valence-electron chi connectivity index (χ2n) is 7.46. The minimum atomic E-state index is -4.44. The Balaban J connectivity index is 2.72. The van der Waals surface area contributed by atoms with Gasteiger partial charge >= 0.3 is 24.0 Å². The number of carbonyl (C=O) groups is 2. The molecule has 0 aromatic heterocycles. The molecule has 1 atom stereocenters. The number of hydrogen-bond donors (Lipinski definition) is 0. The van der Waals surface area contributed by atoms with Crippen molar-refractivity contribution in [1.82, 2.24) is 0 Å². The van der Waals surface area contributed by atoms with Crippen molar-refractivity contribution in [2.45, 2.75) is 63.3 Å². The average Bonchev–Trinajstić information content (AvgIpc) is 2.76. The molecule has 31 heavy (non-hydrogen) atoms. The summed E-state index contributed by atoms with van der Waals surface area (Å²) in [6, 6.07) is 0. The third-order valence-electron chi connectivity index (χ3n) is 4.70. The Morgan fingerprint density at radius 3 is 2.13 bits per heavy atom. The van der Waals surface area contributed by atoms with Gasteiger partial charge in [0.25, 0.3) is 0 Å². The fraction of sp³-hybridized carbons (Fsp3) is 0.700. The van der Waals surface area contributed by atoms with Gasteiger partial charge in [-0.2, -0.15) is 17.6 Å². The van der Waals surface area contributed by atoms with E-state index in [9.17, 15) is 27.2 Å². The maximum Gasteiger partial charge on any atom is 0.509 e. The van der Waals surface area contributed by atoms with Crippen molar-refractivity contribution in [2.75, 3.05) is 26.4 Å². The Morgan fingerprint density at radius 2 is 1.68 bits per heavy atom. The molecule has 1 aliphatic rings. The summed E-state index contributed by atoms with van der Waals surface area (Å²) in [7, 11) is 0. The lowest BCUT2D eigenvalue weighted by molar-refractivity contribution is -0.245. The molecule has 1 saturated heterocycles. The molecule has 1 fully saturated rings. The first-order chi connectivity index (χ1) is 14.2. The first kappa shape index (κ1) is 26.9. The quantitative estimate of drug-likeness (QED) is 0.209. The number of halogens is 4. The summed E-state index contributed by atoms with van der Waals surface area (Å²) >= 11 is 0. The Hall–Kier alpha value is -2.14. The Labute approximate surface area is 178 Å². The van der Waals surface area contributed by atoms with Gasteiger partial charge in [0, 0.05) is 18.4 Å². The van der Waals surface area contributed by atoms with Crippen LogP contribution in [0.3, 0.4) is 0 Å². The summed E-state index contributed by atoms with van der Waals surface area (Å²) in [5.74, 6) is -11.5. The molecule has 1 aliphatic heterocycles. The van der Waals surface area contributed by atoms with E-state index in [1.807, 2.05) is 0 Å². The Bertz CT molecular complexity index is 662. The SMILES string of the molecule is C=CCC(CC)(CCOC(=O)C(=C)C)OC(=O)OCC1(C)OCC(F)(F)C(F)(F)CO1. The molecule has 1 rings (SSSR count). The zero-order chi connectivity index (χ0) is 23.9. The van der Waals surface area contributed by atoms with Crippen LogP contribution in [0.2, 0.25) is 0 Å². The molecular formula is C20H28F4O7. The Morgan fingerprint density at radius 1 is 1.13 bits per heavy atom. The van der Waals surface area contributed by atoms with Crippen molar-refractivity contribution < 1.29 is 50.8 Å². The molecule has 11 heteroatoms. The molecular weight excluding hydrogens is 428 g/mol. The van der Waals surface area contributed by atoms with Crippen LogP contribution in [-0.4, -0.2) is 61.8 Å². The molecule has 0 saturated carbocycles. The predicted octanol–water partition coefficient (Wildman–Crippen LogP) is 4.41. The van der Waals surface area contributed by atoms with Crippen molar-refractivity contribution in [3.8, 4) is 0 Å². The molecule has 1 heterocycles. The third-order valence-corrected chi connectivity index (χ3v) is 4.70. The first-order valence-electron chi connectivity index (χ1n) is 9.54. The minimum absolute atomic E-state index is 0.0746. The van der Waals surface area contributed by atoms with Crippen LogP contribution in [0.5, 0.6) is 0 Å². The van der Waals surface area contributed by atoms with Gasteiger partial charge in [0.05, 0.1) is 6.61 Å². The van der Waals surface area contributed by atoms with Crippen LogP contribution in [0.4, 0.5) is 22.4 Å². The summed E-state index contributed by atoms with van der Waals surface area (Å²) in [6.45, 7) is 7.29. The highest BCUT2D eigenvalue weighted by atomic mass is 19.3. The van der Waals surface area contributed by atoms with Gasteiger partial charge in [-0.05, 0) is 20.3 Å². The van der Waals surface area contributed by atoms with Crippen LogP contribution >= 0.6 is 0 Å². The van der Waals surface area contributed by atoms with Gasteiger partial charge in [0.2, 0.25) is 5.79 Å². The molecule has 0 radical (unpaired) electrons. The average molecular weight is 456 g/mol. The normalized spacial score (nSPS) is 21.1. The van der Waals surface area contributed by atoms with E-state index < -0.39 is 55.2 Å². The maximum atomic E-state index is 13.4.